The van der Waals surface area contributed by atoms with Crippen molar-refractivity contribution in [1.29, 1.82) is 0 Å². The van der Waals surface area contributed by atoms with Crippen LogP contribution in [0.15, 0.2) is 0 Å². The zero-order valence-electron chi connectivity index (χ0n) is 10.9. The Morgan fingerprint density at radius 1 is 1.53 bits per heavy atom. The zero-order chi connectivity index (χ0) is 14.8. The molecule has 1 aliphatic heterocycles. The van der Waals surface area contributed by atoms with E-state index in [1.807, 2.05) is 0 Å². The average Bonchev–Trinajstić information content (AvgIpc) is 2.48. The van der Waals surface area contributed by atoms with Crippen molar-refractivity contribution in [3.05, 3.63) is 0 Å². The van der Waals surface area contributed by atoms with Gasteiger partial charge in [0.05, 0.1) is 30.6 Å². The van der Waals surface area contributed by atoms with E-state index in [1.165, 1.54) is 0 Å². The molecule has 0 spiro atoms. The van der Waals surface area contributed by atoms with Crippen LogP contribution in [0.2, 0.25) is 0 Å². The van der Waals surface area contributed by atoms with Gasteiger partial charge in [-0.2, -0.15) is 0 Å². The Bertz CT molecular complexity index is 371. The van der Waals surface area contributed by atoms with Crippen LogP contribution in [0.5, 0.6) is 0 Å². The number of carbonyl (C=O) groups is 1. The van der Waals surface area contributed by atoms with Crippen LogP contribution >= 0.6 is 0 Å². The molecule has 0 radical (unpaired) electrons. The summed E-state index contributed by atoms with van der Waals surface area (Å²) >= 11 is -2.81. The number of hydrogen-bond donors (Lipinski definition) is 0. The molecule has 9 heteroatoms. The van der Waals surface area contributed by atoms with Crippen LogP contribution in [0, 0.1) is 0 Å². The van der Waals surface area contributed by atoms with Crippen molar-refractivity contribution in [2.45, 2.75) is 44.8 Å². The normalized spacial score (nSPS) is 24.3. The molecule has 1 heterocycles. The zero-order valence-corrected chi connectivity index (χ0v) is 11.7. The van der Waals surface area contributed by atoms with Gasteiger partial charge in [-0.1, -0.05) is 0 Å². The Morgan fingerprint density at radius 2 is 2.11 bits per heavy atom. The third-order valence-electron chi connectivity index (χ3n) is 2.36. The molecule has 1 saturated heterocycles. The van der Waals surface area contributed by atoms with E-state index < -0.39 is 54.6 Å². The van der Waals surface area contributed by atoms with Crippen molar-refractivity contribution in [3.63, 3.8) is 0 Å². The molecule has 1 aliphatic rings. The summed E-state index contributed by atoms with van der Waals surface area (Å²) < 4.78 is 56.4. The van der Waals surface area contributed by atoms with Crippen LogP contribution in [0.3, 0.4) is 0 Å². The lowest BCUT2D eigenvalue weighted by atomic mass is 10.2. The number of carbonyl (C=O) groups excluding carboxylic acids is 1. The van der Waals surface area contributed by atoms with Gasteiger partial charge in [0.2, 0.25) is 0 Å². The second-order valence-electron chi connectivity index (χ2n) is 5.31. The van der Waals surface area contributed by atoms with E-state index in [1.54, 1.807) is 20.8 Å². The van der Waals surface area contributed by atoms with Gasteiger partial charge >= 0.3 is 6.09 Å². The number of nitrogens with zero attached hydrogens (tertiary/aromatic N) is 1. The molecule has 2 unspecified atom stereocenters. The topological polar surface area (TPSA) is 78.9 Å². The highest BCUT2D eigenvalue weighted by atomic mass is 32.2. The van der Waals surface area contributed by atoms with Crippen molar-refractivity contribution >= 4 is 17.5 Å². The van der Waals surface area contributed by atoms with Crippen LogP contribution in [-0.2, 0) is 20.3 Å². The fourth-order valence-electron chi connectivity index (χ4n) is 1.71. The highest BCUT2D eigenvalue weighted by molar-refractivity contribution is 7.74. The first-order valence-corrected chi connectivity index (χ1v) is 6.60. The number of halogens is 2. The standard InChI is InChI=1S/C10H17F2NO5S/c1-9(2,3)18-8(14)13-6-10(11,12)4-7(13)5-17-19(15)16/h7H,4-6H2,1-3H3,(H,15,16)/p-1. The first-order chi connectivity index (χ1) is 8.50. The molecule has 1 rings (SSSR count). The minimum absolute atomic E-state index is 0.509. The summed E-state index contributed by atoms with van der Waals surface area (Å²) in [4.78, 5) is 12.6. The Hall–Kier alpha value is -0.800. The van der Waals surface area contributed by atoms with Crippen LogP contribution < -0.4 is 0 Å². The molecule has 19 heavy (non-hydrogen) atoms. The molecule has 0 aromatic carbocycles. The first kappa shape index (κ1) is 16.3. The largest absolute Gasteiger partial charge is 0.750 e. The fourth-order valence-corrected chi connectivity index (χ4v) is 1.98. The number of rotatable bonds is 3. The number of hydrogen-bond acceptors (Lipinski definition) is 5. The Balaban J connectivity index is 2.71. The molecule has 0 aromatic heterocycles. The third-order valence-corrected chi connectivity index (χ3v) is 2.69. The maximum atomic E-state index is 13.3. The predicted molar refractivity (Wildman–Crippen MR) is 61.2 cm³/mol. The van der Waals surface area contributed by atoms with Gasteiger partial charge in [0, 0.05) is 6.42 Å². The maximum absolute atomic E-state index is 13.3. The smallest absolute Gasteiger partial charge is 0.410 e. The summed E-state index contributed by atoms with van der Waals surface area (Å²) in [5.74, 6) is -3.07. The van der Waals surface area contributed by atoms with Crippen molar-refractivity contribution in [3.8, 4) is 0 Å². The van der Waals surface area contributed by atoms with Crippen LogP contribution in [0.25, 0.3) is 0 Å². The fraction of sp³-hybridized carbons (Fsp3) is 0.900. The van der Waals surface area contributed by atoms with Crippen LogP contribution in [-0.4, -0.2) is 50.5 Å². The van der Waals surface area contributed by atoms with Gasteiger partial charge in [-0.3, -0.25) is 9.08 Å². The molecule has 112 valence electrons. The molecule has 2 atom stereocenters. The lowest BCUT2D eigenvalue weighted by molar-refractivity contribution is -0.00273. The summed E-state index contributed by atoms with van der Waals surface area (Å²) in [6.07, 6.45) is -1.56. The van der Waals surface area contributed by atoms with E-state index in [0.29, 0.717) is 0 Å². The van der Waals surface area contributed by atoms with Crippen molar-refractivity contribution < 1.29 is 31.3 Å². The summed E-state index contributed by atoms with van der Waals surface area (Å²) in [5.41, 5.74) is -0.818. The average molecular weight is 300 g/mol. The first-order valence-electron chi connectivity index (χ1n) is 5.60. The lowest BCUT2D eigenvalue weighted by Crippen LogP contribution is -2.42. The molecule has 0 saturated carbocycles. The molecule has 1 amide bonds. The van der Waals surface area contributed by atoms with Gasteiger partial charge in [-0.25, -0.2) is 17.8 Å². The molecule has 0 N–H and O–H groups in total. The van der Waals surface area contributed by atoms with Crippen molar-refractivity contribution in [2.75, 3.05) is 13.2 Å². The van der Waals surface area contributed by atoms with Gasteiger partial charge in [0.1, 0.15) is 5.60 Å². The minimum Gasteiger partial charge on any atom is -0.750 e. The highest BCUT2D eigenvalue weighted by Gasteiger charge is 2.48. The minimum atomic E-state index is -3.07. The van der Waals surface area contributed by atoms with E-state index in [9.17, 15) is 22.3 Å². The van der Waals surface area contributed by atoms with E-state index >= 15 is 0 Å². The number of likely N-dealkylation sites (tertiary alicyclic amines) is 1. The summed E-state index contributed by atoms with van der Waals surface area (Å²) in [5, 5.41) is 0. The van der Waals surface area contributed by atoms with Crippen LogP contribution in [0.1, 0.15) is 27.2 Å². The van der Waals surface area contributed by atoms with E-state index in [0.717, 1.165) is 4.90 Å². The summed E-state index contributed by atoms with van der Waals surface area (Å²) in [7, 11) is 0. The van der Waals surface area contributed by atoms with Gasteiger partial charge in [-0.15, -0.1) is 0 Å². The number of amides is 1. The lowest BCUT2D eigenvalue weighted by Gasteiger charge is -2.28. The SMILES string of the molecule is CC(C)(C)OC(=O)N1CC(F)(F)CC1COS(=O)[O-]. The van der Waals surface area contributed by atoms with E-state index in [4.69, 9.17) is 4.74 Å². The molecule has 6 nitrogen and oxygen atoms in total. The molecule has 0 aliphatic carbocycles. The summed E-state index contributed by atoms with van der Waals surface area (Å²) in [6.45, 7) is 3.51. The molecule has 0 aromatic rings. The molecular formula is C10H16F2NO5S-. The monoisotopic (exact) mass is 300 g/mol. The number of ether oxygens (including phenoxy) is 1. The second kappa shape index (κ2) is 5.68. The van der Waals surface area contributed by atoms with Crippen molar-refractivity contribution in [2.24, 2.45) is 0 Å². The molecular weight excluding hydrogens is 284 g/mol. The second-order valence-corrected chi connectivity index (χ2v) is 5.95. The highest BCUT2D eigenvalue weighted by Crippen LogP contribution is 2.33. The number of alkyl halides is 2. The van der Waals surface area contributed by atoms with Gasteiger partial charge < -0.3 is 9.29 Å². The summed E-state index contributed by atoms with van der Waals surface area (Å²) in [6, 6.07) is -1.03. The van der Waals surface area contributed by atoms with Crippen molar-refractivity contribution in [1.82, 2.24) is 4.90 Å². The Morgan fingerprint density at radius 3 is 2.58 bits per heavy atom. The van der Waals surface area contributed by atoms with Gasteiger partial charge in [-0.05, 0) is 20.8 Å². The van der Waals surface area contributed by atoms with E-state index in [-0.39, 0.29) is 0 Å². The van der Waals surface area contributed by atoms with E-state index in [2.05, 4.69) is 4.18 Å². The third kappa shape index (κ3) is 5.37. The molecule has 1 fully saturated rings. The van der Waals surface area contributed by atoms with Crippen LogP contribution in [0.4, 0.5) is 13.6 Å². The Labute approximate surface area is 112 Å². The van der Waals surface area contributed by atoms with Gasteiger partial charge in [0.25, 0.3) is 5.92 Å². The maximum Gasteiger partial charge on any atom is 0.410 e. The quantitative estimate of drug-likeness (QED) is 0.737. The van der Waals surface area contributed by atoms with Gasteiger partial charge in [0.15, 0.2) is 0 Å². The molecule has 0 bridgehead atoms. The predicted octanol–water partition coefficient (Wildman–Crippen LogP) is 1.44. The Kier molecular flexibility index (Phi) is 4.86.